The summed E-state index contributed by atoms with van der Waals surface area (Å²) < 4.78 is -0.169. The Hall–Kier alpha value is -1.35. The first-order valence-corrected chi connectivity index (χ1v) is 13.2. The number of halogens is 5. The van der Waals surface area contributed by atoms with E-state index in [-0.39, 0.29) is 11.0 Å². The Labute approximate surface area is 236 Å². The largest absolute Gasteiger partial charge is 0.339 e. The Kier molecular flexibility index (Phi) is 9.66. The van der Waals surface area contributed by atoms with E-state index in [0.717, 1.165) is 31.3 Å². The molecule has 0 fully saturated rings. The van der Waals surface area contributed by atoms with E-state index in [9.17, 15) is 4.79 Å². The zero-order chi connectivity index (χ0) is 24.9. The minimum atomic E-state index is -1.88. The predicted octanol–water partition coefficient (Wildman–Crippen LogP) is 7.45. The molecule has 3 aromatic carbocycles. The van der Waals surface area contributed by atoms with Crippen molar-refractivity contribution in [3.8, 4) is 0 Å². The van der Waals surface area contributed by atoms with Crippen molar-refractivity contribution in [1.29, 1.82) is 0 Å². The highest BCUT2D eigenvalue weighted by Gasteiger charge is 2.36. The second-order valence-electron chi connectivity index (χ2n) is 7.42. The average molecular weight is 665 g/mol. The SMILES string of the molecule is Cc1cc(Br)cc(Br)c1NC(=S)NC(NC(=O)C(c1ccccc1)c1ccccc1)C(Cl)(Cl)Cl. The number of aryl methyl sites for hydroxylation is 1. The summed E-state index contributed by atoms with van der Waals surface area (Å²) in [6, 6.07) is 22.6. The maximum Gasteiger partial charge on any atom is 0.233 e. The van der Waals surface area contributed by atoms with Crippen LogP contribution in [0.15, 0.2) is 81.7 Å². The van der Waals surface area contributed by atoms with Gasteiger partial charge in [-0.15, -0.1) is 0 Å². The number of rotatable bonds is 6. The molecule has 0 spiro atoms. The van der Waals surface area contributed by atoms with Crippen molar-refractivity contribution in [3.05, 3.63) is 98.4 Å². The van der Waals surface area contributed by atoms with Gasteiger partial charge in [-0.2, -0.15) is 0 Å². The summed E-state index contributed by atoms with van der Waals surface area (Å²) >= 11 is 31.1. The van der Waals surface area contributed by atoms with Crippen LogP contribution in [-0.4, -0.2) is 21.0 Å². The van der Waals surface area contributed by atoms with Gasteiger partial charge in [-0.1, -0.05) is 111 Å². The molecule has 0 bridgehead atoms. The van der Waals surface area contributed by atoms with Gasteiger partial charge in [-0.3, -0.25) is 4.79 Å². The van der Waals surface area contributed by atoms with E-state index in [1.807, 2.05) is 79.7 Å². The Morgan fingerprint density at radius 1 is 0.912 bits per heavy atom. The molecule has 34 heavy (non-hydrogen) atoms. The van der Waals surface area contributed by atoms with Crippen LogP contribution in [0.1, 0.15) is 22.6 Å². The molecule has 3 rings (SSSR count). The molecule has 3 aromatic rings. The summed E-state index contributed by atoms with van der Waals surface area (Å²) in [5, 5.41) is 9.02. The lowest BCUT2D eigenvalue weighted by Crippen LogP contribution is -2.57. The Bertz CT molecular complexity index is 1100. The fraction of sp³-hybridized carbons (Fsp3) is 0.167. The molecule has 3 N–H and O–H groups in total. The number of nitrogens with one attached hydrogen (secondary N) is 3. The first-order valence-electron chi connectivity index (χ1n) is 10.1. The maximum atomic E-state index is 13.5. The number of hydrogen-bond acceptors (Lipinski definition) is 2. The molecular weight excluding hydrogens is 645 g/mol. The molecule has 4 nitrogen and oxygen atoms in total. The molecule has 0 heterocycles. The number of thiocarbonyl (C=S) groups is 1. The highest BCUT2D eigenvalue weighted by atomic mass is 79.9. The van der Waals surface area contributed by atoms with Gasteiger partial charge in [0.05, 0.1) is 11.6 Å². The van der Waals surface area contributed by atoms with E-state index < -0.39 is 15.9 Å². The lowest BCUT2D eigenvalue weighted by atomic mass is 9.90. The molecule has 178 valence electrons. The second kappa shape index (κ2) is 12.1. The van der Waals surface area contributed by atoms with Gasteiger partial charge in [0.1, 0.15) is 6.17 Å². The summed E-state index contributed by atoms with van der Waals surface area (Å²) in [6.07, 6.45) is -1.10. The van der Waals surface area contributed by atoms with Crippen molar-refractivity contribution in [2.75, 3.05) is 5.32 Å². The molecule has 0 aliphatic heterocycles. The van der Waals surface area contributed by atoms with Gasteiger partial charge in [-0.05, 0) is 63.9 Å². The van der Waals surface area contributed by atoms with Crippen molar-refractivity contribution in [1.82, 2.24) is 10.6 Å². The first-order chi connectivity index (χ1) is 16.1. The summed E-state index contributed by atoms with van der Waals surface area (Å²) in [6.45, 7) is 1.93. The van der Waals surface area contributed by atoms with Gasteiger partial charge in [0.2, 0.25) is 9.70 Å². The van der Waals surface area contributed by atoms with E-state index in [0.29, 0.717) is 0 Å². The average Bonchev–Trinajstić information content (AvgIpc) is 2.77. The van der Waals surface area contributed by atoms with Crippen molar-refractivity contribution < 1.29 is 4.79 Å². The van der Waals surface area contributed by atoms with Gasteiger partial charge in [0.25, 0.3) is 0 Å². The minimum absolute atomic E-state index is 0.179. The number of benzene rings is 3. The third-order valence-electron chi connectivity index (χ3n) is 4.91. The van der Waals surface area contributed by atoms with Gasteiger partial charge in [0.15, 0.2) is 5.11 Å². The number of anilines is 1. The molecule has 1 amide bonds. The quantitative estimate of drug-likeness (QED) is 0.146. The van der Waals surface area contributed by atoms with E-state index in [2.05, 4.69) is 47.8 Å². The van der Waals surface area contributed by atoms with Crippen LogP contribution in [-0.2, 0) is 4.79 Å². The number of carbonyl (C=O) groups is 1. The lowest BCUT2D eigenvalue weighted by Gasteiger charge is -2.30. The highest BCUT2D eigenvalue weighted by Crippen LogP contribution is 2.32. The smallest absolute Gasteiger partial charge is 0.233 e. The van der Waals surface area contributed by atoms with Gasteiger partial charge < -0.3 is 16.0 Å². The summed E-state index contributed by atoms with van der Waals surface area (Å²) in [5.74, 6) is -0.950. The fourth-order valence-electron chi connectivity index (χ4n) is 3.35. The van der Waals surface area contributed by atoms with Crippen molar-refractivity contribution in [2.24, 2.45) is 0 Å². The summed E-state index contributed by atoms with van der Waals surface area (Å²) in [7, 11) is 0. The standard InChI is InChI=1S/C24H20Br2Cl3N3OS/c1-14-12-17(25)13-18(26)20(14)30-23(34)32-22(24(27,28)29)31-21(33)19(15-8-4-2-5-9-15)16-10-6-3-7-11-16/h2-13,19,22H,1H3,(H,31,33)(H2,30,32,34). The predicted molar refractivity (Wildman–Crippen MR) is 153 cm³/mol. The van der Waals surface area contributed by atoms with Crippen LogP contribution in [0.5, 0.6) is 0 Å². The Balaban J connectivity index is 1.83. The highest BCUT2D eigenvalue weighted by molar-refractivity contribution is 9.11. The van der Waals surface area contributed by atoms with Crippen LogP contribution in [0.3, 0.4) is 0 Å². The summed E-state index contributed by atoms with van der Waals surface area (Å²) in [4.78, 5) is 13.5. The molecule has 0 saturated carbocycles. The first kappa shape index (κ1) is 27.2. The Morgan fingerprint density at radius 2 is 1.44 bits per heavy atom. The number of hydrogen-bond donors (Lipinski definition) is 3. The van der Waals surface area contributed by atoms with Crippen LogP contribution in [0.25, 0.3) is 0 Å². The van der Waals surface area contributed by atoms with Crippen LogP contribution < -0.4 is 16.0 Å². The molecule has 10 heteroatoms. The van der Waals surface area contributed by atoms with Crippen LogP contribution in [0, 0.1) is 6.92 Å². The van der Waals surface area contributed by atoms with Gasteiger partial charge in [0, 0.05) is 8.95 Å². The lowest BCUT2D eigenvalue weighted by molar-refractivity contribution is -0.122. The molecule has 0 aliphatic rings. The maximum absolute atomic E-state index is 13.5. The molecule has 0 aromatic heterocycles. The van der Waals surface area contributed by atoms with Crippen molar-refractivity contribution >= 4 is 95.6 Å². The third-order valence-corrected chi connectivity index (χ3v) is 6.87. The monoisotopic (exact) mass is 661 g/mol. The topological polar surface area (TPSA) is 53.2 Å². The van der Waals surface area contributed by atoms with Crippen molar-refractivity contribution in [3.63, 3.8) is 0 Å². The van der Waals surface area contributed by atoms with Gasteiger partial charge >= 0.3 is 0 Å². The van der Waals surface area contributed by atoms with Crippen molar-refractivity contribution in [2.45, 2.75) is 22.8 Å². The van der Waals surface area contributed by atoms with E-state index >= 15 is 0 Å². The van der Waals surface area contributed by atoms with E-state index in [1.54, 1.807) is 0 Å². The molecular formula is C24H20Br2Cl3N3OS. The Morgan fingerprint density at radius 3 is 1.91 bits per heavy atom. The molecule has 0 saturated heterocycles. The zero-order valence-corrected chi connectivity index (χ0v) is 24.0. The number of carbonyl (C=O) groups excluding carboxylic acids is 1. The third kappa shape index (κ3) is 7.33. The molecule has 1 atom stereocenters. The fourth-order valence-corrected chi connectivity index (χ4v) is 5.44. The normalized spacial score (nSPS) is 12.2. The van der Waals surface area contributed by atoms with E-state index in [1.165, 1.54) is 0 Å². The molecule has 0 aliphatic carbocycles. The molecule has 0 radical (unpaired) electrons. The van der Waals surface area contributed by atoms with Gasteiger partial charge in [-0.25, -0.2) is 0 Å². The van der Waals surface area contributed by atoms with Crippen LogP contribution in [0.4, 0.5) is 5.69 Å². The number of alkyl halides is 3. The number of amides is 1. The van der Waals surface area contributed by atoms with Crippen LogP contribution in [0.2, 0.25) is 0 Å². The second-order valence-corrected chi connectivity index (χ2v) is 12.0. The van der Waals surface area contributed by atoms with E-state index in [4.69, 9.17) is 47.0 Å². The minimum Gasteiger partial charge on any atom is -0.339 e. The molecule has 1 unspecified atom stereocenters. The van der Waals surface area contributed by atoms with Crippen LogP contribution >= 0.6 is 78.9 Å². The zero-order valence-electron chi connectivity index (χ0n) is 17.8. The summed E-state index contributed by atoms with van der Waals surface area (Å²) in [5.41, 5.74) is 3.31.